The zero-order valence-corrected chi connectivity index (χ0v) is 18.8. The lowest BCUT2D eigenvalue weighted by molar-refractivity contribution is -0.137. The molecule has 3 aromatic rings. The fourth-order valence-corrected chi connectivity index (χ4v) is 3.51. The Hall–Kier alpha value is -3.35. The zero-order valence-electron chi connectivity index (χ0n) is 18.8. The highest BCUT2D eigenvalue weighted by molar-refractivity contribution is 5.66. The maximum atomic E-state index is 12.9. The van der Waals surface area contributed by atoms with Crippen molar-refractivity contribution in [3.8, 4) is 5.75 Å². The molecule has 0 atom stereocenters. The number of carboxylic acids is 1. The summed E-state index contributed by atoms with van der Waals surface area (Å²) < 4.78 is 8.93. The van der Waals surface area contributed by atoms with Gasteiger partial charge in [0.05, 0.1) is 13.2 Å². The Morgan fingerprint density at radius 3 is 2.38 bits per heavy atom. The van der Waals surface area contributed by atoms with Gasteiger partial charge in [-0.2, -0.15) is 5.10 Å². The van der Waals surface area contributed by atoms with Crippen LogP contribution in [0.4, 0.5) is 0 Å². The number of hydrogen-bond donors (Lipinski definition) is 1. The average Bonchev–Trinajstić information content (AvgIpc) is 3.07. The van der Waals surface area contributed by atoms with Crippen molar-refractivity contribution in [2.75, 3.05) is 6.61 Å². The van der Waals surface area contributed by atoms with Gasteiger partial charge in [0.1, 0.15) is 11.6 Å². The van der Waals surface area contributed by atoms with Crippen molar-refractivity contribution in [2.24, 2.45) is 0 Å². The van der Waals surface area contributed by atoms with E-state index in [-0.39, 0.29) is 12.1 Å². The van der Waals surface area contributed by atoms with E-state index in [0.717, 1.165) is 35.5 Å². The molecule has 0 aliphatic heterocycles. The number of ether oxygens (including phenoxy) is 1. The van der Waals surface area contributed by atoms with Gasteiger partial charge < -0.3 is 9.84 Å². The number of aryl methyl sites for hydroxylation is 3. The van der Waals surface area contributed by atoms with Gasteiger partial charge in [-0.1, -0.05) is 48.9 Å². The van der Waals surface area contributed by atoms with Crippen LogP contribution in [0, 0.1) is 6.92 Å². The summed E-state index contributed by atoms with van der Waals surface area (Å²) in [5.74, 6) is 0.717. The molecule has 32 heavy (non-hydrogen) atoms. The molecule has 1 heterocycles. The normalized spacial score (nSPS) is 10.9. The molecule has 0 bridgehead atoms. The van der Waals surface area contributed by atoms with Crippen LogP contribution >= 0.6 is 0 Å². The van der Waals surface area contributed by atoms with E-state index in [4.69, 9.17) is 9.84 Å². The highest BCUT2D eigenvalue weighted by Gasteiger charge is 2.13. The summed E-state index contributed by atoms with van der Waals surface area (Å²) >= 11 is 0. The maximum Gasteiger partial charge on any atom is 0.346 e. The Morgan fingerprint density at radius 1 is 1.03 bits per heavy atom. The molecule has 0 fully saturated rings. The monoisotopic (exact) mass is 437 g/mol. The van der Waals surface area contributed by atoms with Gasteiger partial charge in [0.25, 0.3) is 0 Å². The quantitative estimate of drug-likeness (QED) is 0.435. The number of carboxylic acid groups (broad SMARTS) is 1. The predicted octanol–water partition coefficient (Wildman–Crippen LogP) is 3.84. The van der Waals surface area contributed by atoms with Crippen molar-refractivity contribution < 1.29 is 14.6 Å². The topological polar surface area (TPSA) is 86.3 Å². The average molecular weight is 438 g/mol. The first-order valence-electron chi connectivity index (χ1n) is 11.1. The van der Waals surface area contributed by atoms with E-state index in [1.54, 1.807) is 9.25 Å². The molecule has 0 unspecified atom stereocenters. The second kappa shape index (κ2) is 11.3. The van der Waals surface area contributed by atoms with Gasteiger partial charge >= 0.3 is 11.7 Å². The number of nitrogens with zero attached hydrogens (tertiary/aromatic N) is 3. The van der Waals surface area contributed by atoms with E-state index in [0.29, 0.717) is 32.5 Å². The van der Waals surface area contributed by atoms with Crippen LogP contribution in [0.15, 0.2) is 53.3 Å². The van der Waals surface area contributed by atoms with Crippen LogP contribution in [0.2, 0.25) is 0 Å². The number of carbonyl (C=O) groups is 1. The third-order valence-corrected chi connectivity index (χ3v) is 5.26. The number of aromatic nitrogens is 3. The molecule has 0 radical (unpaired) electrons. The third-order valence-electron chi connectivity index (χ3n) is 5.26. The summed E-state index contributed by atoms with van der Waals surface area (Å²) in [4.78, 5) is 23.4. The van der Waals surface area contributed by atoms with Gasteiger partial charge in [-0.25, -0.2) is 9.48 Å². The molecular weight excluding hydrogens is 406 g/mol. The van der Waals surface area contributed by atoms with Gasteiger partial charge in [-0.15, -0.1) is 0 Å². The van der Waals surface area contributed by atoms with Crippen LogP contribution in [0.5, 0.6) is 5.75 Å². The molecular formula is C25H31N3O4. The maximum absolute atomic E-state index is 12.9. The summed E-state index contributed by atoms with van der Waals surface area (Å²) in [5, 5.41) is 13.3. The van der Waals surface area contributed by atoms with Crippen molar-refractivity contribution in [1.82, 2.24) is 14.3 Å². The van der Waals surface area contributed by atoms with Gasteiger partial charge in [-0.05, 0) is 49.4 Å². The number of rotatable bonds is 12. The SMILES string of the molecule is CCCn1c(CCc2ccc(OCCCC(=O)O)cc2)nn(Cc2ccc(C)cc2)c1=O. The van der Waals surface area contributed by atoms with Gasteiger partial charge in [0.15, 0.2) is 0 Å². The van der Waals surface area contributed by atoms with Crippen molar-refractivity contribution in [3.63, 3.8) is 0 Å². The smallest absolute Gasteiger partial charge is 0.346 e. The Kier molecular flexibility index (Phi) is 8.25. The lowest BCUT2D eigenvalue weighted by Crippen LogP contribution is -2.26. The molecule has 3 rings (SSSR count). The fourth-order valence-electron chi connectivity index (χ4n) is 3.51. The lowest BCUT2D eigenvalue weighted by atomic mass is 10.1. The third kappa shape index (κ3) is 6.57. The van der Waals surface area contributed by atoms with E-state index < -0.39 is 5.97 Å². The molecule has 170 valence electrons. The molecule has 0 aliphatic rings. The molecule has 1 N–H and O–H groups in total. The van der Waals surface area contributed by atoms with Crippen LogP contribution < -0.4 is 10.4 Å². The van der Waals surface area contributed by atoms with Crippen LogP contribution in [-0.4, -0.2) is 32.0 Å². The van der Waals surface area contributed by atoms with E-state index >= 15 is 0 Å². The summed E-state index contributed by atoms with van der Waals surface area (Å²) in [6.45, 7) is 5.61. The van der Waals surface area contributed by atoms with E-state index in [2.05, 4.69) is 12.0 Å². The Labute approximate surface area is 188 Å². The van der Waals surface area contributed by atoms with Crippen molar-refractivity contribution in [3.05, 3.63) is 81.5 Å². The van der Waals surface area contributed by atoms with Crippen molar-refractivity contribution in [1.29, 1.82) is 0 Å². The number of hydrogen-bond acceptors (Lipinski definition) is 4. The lowest BCUT2D eigenvalue weighted by Gasteiger charge is -2.07. The van der Waals surface area contributed by atoms with E-state index in [9.17, 15) is 9.59 Å². The number of aliphatic carboxylic acids is 1. The van der Waals surface area contributed by atoms with Crippen LogP contribution in [-0.2, 0) is 30.7 Å². The van der Waals surface area contributed by atoms with E-state index in [1.807, 2.05) is 55.5 Å². The summed E-state index contributed by atoms with van der Waals surface area (Å²) in [6, 6.07) is 15.9. The summed E-state index contributed by atoms with van der Waals surface area (Å²) in [6.07, 6.45) is 2.90. The molecule has 0 saturated carbocycles. The first-order chi connectivity index (χ1) is 15.5. The predicted molar refractivity (Wildman–Crippen MR) is 123 cm³/mol. The first kappa shape index (κ1) is 23.3. The minimum Gasteiger partial charge on any atom is -0.494 e. The van der Waals surface area contributed by atoms with E-state index in [1.165, 1.54) is 5.56 Å². The molecule has 0 spiro atoms. The first-order valence-corrected chi connectivity index (χ1v) is 11.1. The summed E-state index contributed by atoms with van der Waals surface area (Å²) in [5.41, 5.74) is 3.32. The molecule has 0 amide bonds. The van der Waals surface area contributed by atoms with Gasteiger partial charge in [-0.3, -0.25) is 9.36 Å². The Morgan fingerprint density at radius 2 is 1.72 bits per heavy atom. The second-order valence-corrected chi connectivity index (χ2v) is 7.98. The zero-order chi connectivity index (χ0) is 22.9. The minimum absolute atomic E-state index is 0.0625. The Balaban J connectivity index is 1.63. The van der Waals surface area contributed by atoms with Crippen molar-refractivity contribution in [2.45, 2.75) is 59.0 Å². The largest absolute Gasteiger partial charge is 0.494 e. The van der Waals surface area contributed by atoms with Crippen LogP contribution in [0.25, 0.3) is 0 Å². The molecule has 7 nitrogen and oxygen atoms in total. The van der Waals surface area contributed by atoms with Crippen molar-refractivity contribution >= 4 is 5.97 Å². The minimum atomic E-state index is -0.813. The van der Waals surface area contributed by atoms with Crippen LogP contribution in [0.1, 0.15) is 48.7 Å². The second-order valence-electron chi connectivity index (χ2n) is 7.98. The highest BCUT2D eigenvalue weighted by atomic mass is 16.5. The fraction of sp³-hybridized carbons (Fsp3) is 0.400. The van der Waals surface area contributed by atoms with Gasteiger partial charge in [0.2, 0.25) is 0 Å². The molecule has 0 aliphatic carbocycles. The molecule has 0 saturated heterocycles. The standard InChI is InChI=1S/C25H31N3O4/c1-3-16-27-23(26-28(25(27)31)18-21-8-6-19(2)7-9-21)15-12-20-10-13-22(14-11-20)32-17-4-5-24(29)30/h6-11,13-14H,3-5,12,15-18H2,1-2H3,(H,29,30). The molecule has 2 aromatic carbocycles. The Bertz CT molecular complexity index is 1070. The van der Waals surface area contributed by atoms with Crippen LogP contribution in [0.3, 0.4) is 0 Å². The molecule has 7 heteroatoms. The van der Waals surface area contributed by atoms with Gasteiger partial charge in [0, 0.05) is 19.4 Å². The summed E-state index contributed by atoms with van der Waals surface area (Å²) in [7, 11) is 0. The molecule has 1 aromatic heterocycles. The highest BCUT2D eigenvalue weighted by Crippen LogP contribution is 2.14. The number of benzene rings is 2.